The normalized spacial score (nSPS) is 12.5. The molecule has 0 heterocycles. The minimum absolute atomic E-state index is 0.0432. The summed E-state index contributed by atoms with van der Waals surface area (Å²) in [7, 11) is 0. The van der Waals surface area contributed by atoms with Crippen LogP contribution < -0.4 is 10.1 Å². The Balaban J connectivity index is 2.69. The Morgan fingerprint density at radius 3 is 2.62 bits per heavy atom. The highest BCUT2D eigenvalue weighted by Crippen LogP contribution is 2.19. The Morgan fingerprint density at radius 2 is 2.00 bits per heavy atom. The van der Waals surface area contributed by atoms with Gasteiger partial charge < -0.3 is 25.2 Å². The smallest absolute Gasteiger partial charge is 0.222 e. The number of carbonyl (C=O) groups is 2. The van der Waals surface area contributed by atoms with Gasteiger partial charge in [0.25, 0.3) is 0 Å². The van der Waals surface area contributed by atoms with Gasteiger partial charge in [0.05, 0.1) is 18.8 Å². The van der Waals surface area contributed by atoms with Gasteiger partial charge in [0.15, 0.2) is 0 Å². The largest absolute Gasteiger partial charge is 0.489 e. The van der Waals surface area contributed by atoms with E-state index in [9.17, 15) is 24.2 Å². The Kier molecular flexibility index (Phi) is 12.9. The highest BCUT2D eigenvalue weighted by molar-refractivity contribution is 5.79. The molecular weight excluding hydrogens is 415 g/mol. The zero-order chi connectivity index (χ0) is 23.9. The van der Waals surface area contributed by atoms with E-state index in [1.807, 2.05) is 6.92 Å². The van der Waals surface area contributed by atoms with Crippen LogP contribution in [0.4, 0.5) is 4.39 Å². The van der Waals surface area contributed by atoms with Gasteiger partial charge in [-0.15, -0.1) is 6.58 Å². The molecule has 0 spiro atoms. The van der Waals surface area contributed by atoms with Crippen LogP contribution in [0, 0.1) is 5.82 Å². The number of ether oxygens (including phenoxy) is 1. The van der Waals surface area contributed by atoms with Gasteiger partial charge in [-0.1, -0.05) is 25.7 Å². The number of hydrogen-bond acceptors (Lipinski definition) is 5. The lowest BCUT2D eigenvalue weighted by atomic mass is 10.0. The van der Waals surface area contributed by atoms with Crippen molar-refractivity contribution < 1.29 is 28.9 Å². The van der Waals surface area contributed by atoms with Crippen LogP contribution in [0.15, 0.2) is 43.5 Å². The molecule has 1 aromatic rings. The van der Waals surface area contributed by atoms with E-state index in [0.29, 0.717) is 30.8 Å². The zero-order valence-corrected chi connectivity index (χ0v) is 18.8. The number of aliphatic hydroxyl groups excluding tert-OH is 2. The molecule has 3 N–H and O–H groups in total. The molecule has 8 heteroatoms. The molecule has 0 aliphatic carbocycles. The first kappa shape index (κ1) is 27.3. The van der Waals surface area contributed by atoms with Gasteiger partial charge in [-0.25, -0.2) is 4.39 Å². The van der Waals surface area contributed by atoms with E-state index in [1.54, 1.807) is 17.0 Å². The maximum atomic E-state index is 13.9. The third-order valence-corrected chi connectivity index (χ3v) is 4.74. The molecule has 1 rings (SSSR count). The molecule has 0 aliphatic heterocycles. The predicted molar refractivity (Wildman–Crippen MR) is 122 cm³/mol. The quantitative estimate of drug-likeness (QED) is 0.336. The average molecular weight is 451 g/mol. The third kappa shape index (κ3) is 10.1. The van der Waals surface area contributed by atoms with E-state index < -0.39 is 24.6 Å². The van der Waals surface area contributed by atoms with Gasteiger partial charge in [0.2, 0.25) is 11.8 Å². The van der Waals surface area contributed by atoms with Gasteiger partial charge in [-0.05, 0) is 37.0 Å². The van der Waals surface area contributed by atoms with Crippen molar-refractivity contribution in [2.45, 2.75) is 51.2 Å². The molecule has 2 atom stereocenters. The summed E-state index contributed by atoms with van der Waals surface area (Å²) in [6.45, 7) is 9.93. The summed E-state index contributed by atoms with van der Waals surface area (Å²) in [4.78, 5) is 26.4. The molecule has 32 heavy (non-hydrogen) atoms. The lowest BCUT2D eigenvalue weighted by Crippen LogP contribution is -2.46. The fourth-order valence-electron chi connectivity index (χ4n) is 3.22. The lowest BCUT2D eigenvalue weighted by molar-refractivity contribution is -0.131. The summed E-state index contributed by atoms with van der Waals surface area (Å²) < 4.78 is 19.3. The van der Waals surface area contributed by atoms with Crippen LogP contribution in [-0.2, 0) is 16.0 Å². The molecule has 0 fully saturated rings. The van der Waals surface area contributed by atoms with Crippen molar-refractivity contribution >= 4 is 11.8 Å². The van der Waals surface area contributed by atoms with Crippen LogP contribution in [0.5, 0.6) is 5.75 Å². The molecule has 0 aromatic heterocycles. The number of carbonyl (C=O) groups excluding carboxylic acids is 2. The first-order valence-electron chi connectivity index (χ1n) is 10.8. The summed E-state index contributed by atoms with van der Waals surface area (Å²) in [5.41, 5.74) is 0.497. The molecule has 0 saturated heterocycles. The minimum Gasteiger partial charge on any atom is -0.489 e. The molecule has 1 aromatic carbocycles. The summed E-state index contributed by atoms with van der Waals surface area (Å²) in [5.74, 6) is -0.614. The molecule has 178 valence electrons. The van der Waals surface area contributed by atoms with E-state index in [-0.39, 0.29) is 37.7 Å². The second-order valence-corrected chi connectivity index (χ2v) is 7.50. The monoisotopic (exact) mass is 450 g/mol. The Labute approximate surface area is 189 Å². The number of aliphatic hydroxyl groups is 2. The van der Waals surface area contributed by atoms with Crippen molar-refractivity contribution in [1.82, 2.24) is 10.2 Å². The average Bonchev–Trinajstić information content (AvgIpc) is 2.76. The third-order valence-electron chi connectivity index (χ3n) is 4.74. The van der Waals surface area contributed by atoms with Crippen LogP contribution in [0.3, 0.4) is 0 Å². The molecule has 2 amide bonds. The Morgan fingerprint density at radius 1 is 1.25 bits per heavy atom. The number of nitrogens with zero attached hydrogens (tertiary/aromatic N) is 1. The highest BCUT2D eigenvalue weighted by atomic mass is 19.1. The van der Waals surface area contributed by atoms with E-state index >= 15 is 0 Å². The van der Waals surface area contributed by atoms with Crippen molar-refractivity contribution in [1.29, 1.82) is 0 Å². The van der Waals surface area contributed by atoms with Crippen LogP contribution >= 0.6 is 0 Å². The van der Waals surface area contributed by atoms with Crippen LogP contribution in [0.1, 0.15) is 38.2 Å². The van der Waals surface area contributed by atoms with Crippen molar-refractivity contribution in [2.24, 2.45) is 0 Å². The molecule has 7 nitrogen and oxygen atoms in total. The maximum Gasteiger partial charge on any atom is 0.222 e. The number of hydrogen-bond donors (Lipinski definition) is 3. The number of rotatable bonds is 16. The van der Waals surface area contributed by atoms with E-state index in [2.05, 4.69) is 18.5 Å². The van der Waals surface area contributed by atoms with E-state index in [4.69, 9.17) is 4.74 Å². The summed E-state index contributed by atoms with van der Waals surface area (Å²) in [6.07, 6.45) is 3.57. The van der Waals surface area contributed by atoms with Gasteiger partial charge >= 0.3 is 0 Å². The highest BCUT2D eigenvalue weighted by Gasteiger charge is 2.22. The second-order valence-electron chi connectivity index (χ2n) is 7.50. The fourth-order valence-corrected chi connectivity index (χ4v) is 3.22. The molecular formula is C24H35FN2O5. The van der Waals surface area contributed by atoms with Gasteiger partial charge in [0, 0.05) is 32.0 Å². The molecule has 0 aliphatic rings. The number of benzene rings is 1. The van der Waals surface area contributed by atoms with Gasteiger partial charge in [-0.2, -0.15) is 0 Å². The Bertz CT molecular complexity index is 756. The van der Waals surface area contributed by atoms with Crippen LogP contribution in [0.2, 0.25) is 0 Å². The van der Waals surface area contributed by atoms with E-state index in [1.165, 1.54) is 18.2 Å². The fraction of sp³-hybridized carbons (Fsp3) is 0.500. The van der Waals surface area contributed by atoms with Crippen molar-refractivity contribution in [3.8, 4) is 5.75 Å². The first-order valence-corrected chi connectivity index (χ1v) is 10.8. The van der Waals surface area contributed by atoms with Crippen molar-refractivity contribution in [2.75, 3.05) is 26.3 Å². The summed E-state index contributed by atoms with van der Waals surface area (Å²) in [5, 5.41) is 22.2. The van der Waals surface area contributed by atoms with E-state index in [0.717, 1.165) is 6.42 Å². The minimum atomic E-state index is -1.23. The summed E-state index contributed by atoms with van der Waals surface area (Å²) in [6, 6.07) is 3.30. The van der Waals surface area contributed by atoms with Crippen molar-refractivity contribution in [3.05, 3.63) is 54.9 Å². The zero-order valence-electron chi connectivity index (χ0n) is 18.8. The number of halogens is 1. The van der Waals surface area contributed by atoms with Crippen LogP contribution in [0.25, 0.3) is 0 Å². The predicted octanol–water partition coefficient (Wildman–Crippen LogP) is 2.37. The number of nitrogens with one attached hydrogen (secondary N) is 1. The maximum absolute atomic E-state index is 13.9. The first-order chi connectivity index (χ1) is 15.3. The standard InChI is InChI=1S/C24H35FN2O5/c1-4-10-27(11-5-2)24(31)9-7-8-23(30)26-21(22(29)17-28)15-18-13-19(25)16-20(14-18)32-12-6-3/h4,6,13-14,16,21-22,28-29H,1,3,5,7-12,15,17H2,2H3,(H,26,30). The topological polar surface area (TPSA) is 99.1 Å². The second kappa shape index (κ2) is 15.2. The van der Waals surface area contributed by atoms with Crippen LogP contribution in [-0.4, -0.2) is 65.4 Å². The lowest BCUT2D eigenvalue weighted by Gasteiger charge is -2.23. The van der Waals surface area contributed by atoms with Crippen molar-refractivity contribution in [3.63, 3.8) is 0 Å². The molecule has 0 bridgehead atoms. The molecule has 2 unspecified atom stereocenters. The number of amides is 2. The molecule has 0 radical (unpaired) electrons. The SMILES string of the molecule is C=CCOc1cc(F)cc(CC(NC(=O)CCCC(=O)N(CC=C)CCC)C(O)CO)c1. The van der Waals surface area contributed by atoms with Gasteiger partial charge in [-0.3, -0.25) is 9.59 Å². The molecule has 0 saturated carbocycles. The summed E-state index contributed by atoms with van der Waals surface area (Å²) >= 11 is 0. The van der Waals surface area contributed by atoms with Gasteiger partial charge in [0.1, 0.15) is 18.2 Å². The Hall–Kier alpha value is -2.71.